The van der Waals surface area contributed by atoms with Gasteiger partial charge in [-0.25, -0.2) is 0 Å². The number of halogens is 2. The third kappa shape index (κ3) is 1.20. The Hall–Kier alpha value is 1.38. The number of rotatable bonds is 2. The highest BCUT2D eigenvalue weighted by molar-refractivity contribution is 14.1. The van der Waals surface area contributed by atoms with Crippen LogP contribution in [-0.2, 0) is 9.47 Å². The molecule has 16 heavy (non-hydrogen) atoms. The van der Waals surface area contributed by atoms with Crippen molar-refractivity contribution in [2.45, 2.75) is 32.0 Å². The molecule has 0 N–H and O–H groups in total. The highest BCUT2D eigenvalue weighted by Crippen LogP contribution is 2.72. The van der Waals surface area contributed by atoms with Gasteiger partial charge in [0.2, 0.25) is 0 Å². The smallest absolute Gasteiger partial charge is 0.175 e. The van der Waals surface area contributed by atoms with E-state index in [2.05, 4.69) is 52.1 Å². The van der Waals surface area contributed by atoms with Crippen LogP contribution >= 0.6 is 45.2 Å². The monoisotopic (exact) mass is 448 g/mol. The molecule has 3 rings (SSSR count). The second kappa shape index (κ2) is 3.93. The molecule has 1 aliphatic heterocycles. The molecule has 0 aromatic heterocycles. The predicted molar refractivity (Wildman–Crippen MR) is 80.3 cm³/mol. The number of fused-ring (bicyclic) bond motifs is 3. The summed E-state index contributed by atoms with van der Waals surface area (Å²) in [7, 11) is 0. The topological polar surface area (TPSA) is 18.5 Å². The molecule has 3 fully saturated rings. The van der Waals surface area contributed by atoms with Gasteiger partial charge in [-0.3, -0.25) is 0 Å². The largest absolute Gasteiger partial charge is 0.347 e. The van der Waals surface area contributed by atoms with E-state index in [1.165, 1.54) is 21.7 Å². The molecule has 1 heterocycles. The van der Waals surface area contributed by atoms with Crippen molar-refractivity contribution in [3.63, 3.8) is 0 Å². The van der Waals surface area contributed by atoms with Crippen LogP contribution in [0.1, 0.15) is 26.2 Å². The lowest BCUT2D eigenvalue weighted by molar-refractivity contribution is -0.233. The summed E-state index contributed by atoms with van der Waals surface area (Å²) in [4.78, 5) is 0. The minimum Gasteiger partial charge on any atom is -0.347 e. The van der Waals surface area contributed by atoms with Crippen LogP contribution in [0.2, 0.25) is 0 Å². The Morgan fingerprint density at radius 1 is 1.19 bits per heavy atom. The number of hydrogen-bond donors (Lipinski definition) is 0. The highest BCUT2D eigenvalue weighted by Gasteiger charge is 2.74. The third-order valence-corrected chi connectivity index (χ3v) is 8.30. The van der Waals surface area contributed by atoms with Crippen LogP contribution in [0.3, 0.4) is 0 Å². The standard InChI is InChI=1S/C12H18I2O2/c1-10(7-13)9-2-3-11(10,8-14)12(6-9)15-4-5-16-12/h9H,2-8H2,1H3/t9-,10-,11+/m1/s1. The van der Waals surface area contributed by atoms with Gasteiger partial charge in [-0.05, 0) is 24.2 Å². The number of hydrogen-bond acceptors (Lipinski definition) is 2. The minimum atomic E-state index is -0.225. The Bertz CT molecular complexity index is 303. The molecule has 3 atom stereocenters. The lowest BCUT2D eigenvalue weighted by atomic mass is 9.68. The van der Waals surface area contributed by atoms with E-state index in [0.717, 1.165) is 25.6 Å². The first-order valence-electron chi connectivity index (χ1n) is 6.04. The van der Waals surface area contributed by atoms with Crippen LogP contribution in [0.25, 0.3) is 0 Å². The second-order valence-corrected chi connectivity index (χ2v) is 7.18. The SMILES string of the molecule is C[C@@]1(CI)[C@@H]2CC[C@@]1(CI)C1(C2)OCCO1. The lowest BCUT2D eigenvalue weighted by Gasteiger charge is -2.47. The lowest BCUT2D eigenvalue weighted by Crippen LogP contribution is -2.52. The second-order valence-electron chi connectivity index (χ2n) is 5.66. The van der Waals surface area contributed by atoms with Gasteiger partial charge in [-0.15, -0.1) is 0 Å². The first-order valence-corrected chi connectivity index (χ1v) is 9.09. The molecular weight excluding hydrogens is 430 g/mol. The van der Waals surface area contributed by atoms with Gasteiger partial charge in [0.1, 0.15) is 0 Å². The molecule has 1 saturated heterocycles. The highest BCUT2D eigenvalue weighted by atomic mass is 127. The van der Waals surface area contributed by atoms with Crippen molar-refractivity contribution < 1.29 is 9.47 Å². The maximum Gasteiger partial charge on any atom is 0.175 e. The van der Waals surface area contributed by atoms with Gasteiger partial charge in [0, 0.05) is 20.7 Å². The van der Waals surface area contributed by atoms with Gasteiger partial charge >= 0.3 is 0 Å². The first-order chi connectivity index (χ1) is 7.64. The van der Waals surface area contributed by atoms with Crippen molar-refractivity contribution in [1.82, 2.24) is 0 Å². The molecule has 3 aliphatic rings. The van der Waals surface area contributed by atoms with E-state index < -0.39 is 0 Å². The van der Waals surface area contributed by atoms with Crippen molar-refractivity contribution in [3.8, 4) is 0 Å². The summed E-state index contributed by atoms with van der Waals surface area (Å²) in [5.41, 5.74) is 0.683. The normalized spacial score (nSPS) is 49.3. The Kier molecular flexibility index (Phi) is 3.05. The Labute approximate surface area is 124 Å². The summed E-state index contributed by atoms with van der Waals surface area (Å²) < 4.78 is 14.6. The van der Waals surface area contributed by atoms with Crippen LogP contribution < -0.4 is 0 Å². The van der Waals surface area contributed by atoms with E-state index in [0.29, 0.717) is 5.41 Å². The Morgan fingerprint density at radius 3 is 2.44 bits per heavy atom. The van der Waals surface area contributed by atoms with Crippen molar-refractivity contribution in [2.24, 2.45) is 16.7 Å². The molecule has 0 aromatic carbocycles. The van der Waals surface area contributed by atoms with Gasteiger partial charge < -0.3 is 9.47 Å². The molecular formula is C12H18I2O2. The zero-order chi connectivity index (χ0) is 11.4. The van der Waals surface area contributed by atoms with Gasteiger partial charge in [-0.2, -0.15) is 0 Å². The molecule has 2 saturated carbocycles. The molecule has 0 aromatic rings. The number of ether oxygens (including phenoxy) is 2. The molecule has 2 aliphatic carbocycles. The van der Waals surface area contributed by atoms with Crippen molar-refractivity contribution in [1.29, 1.82) is 0 Å². The maximum atomic E-state index is 6.10. The van der Waals surface area contributed by atoms with E-state index >= 15 is 0 Å². The van der Waals surface area contributed by atoms with Crippen LogP contribution in [0.5, 0.6) is 0 Å². The molecule has 2 nitrogen and oxygen atoms in total. The molecule has 1 spiro atoms. The summed E-state index contributed by atoms with van der Waals surface area (Å²) in [5.74, 6) is 0.578. The first kappa shape index (κ1) is 12.4. The number of alkyl halides is 2. The summed E-state index contributed by atoms with van der Waals surface area (Å²) in [6, 6.07) is 0. The van der Waals surface area contributed by atoms with Gasteiger partial charge in [0.25, 0.3) is 0 Å². The van der Waals surface area contributed by atoms with Crippen LogP contribution in [0, 0.1) is 16.7 Å². The molecule has 0 unspecified atom stereocenters. The molecule has 2 bridgehead atoms. The summed E-state index contributed by atoms with van der Waals surface area (Å²) in [6.45, 7) is 4.06. The third-order valence-electron chi connectivity index (χ3n) is 5.42. The molecule has 0 radical (unpaired) electrons. The van der Waals surface area contributed by atoms with Crippen LogP contribution in [-0.4, -0.2) is 27.9 Å². The van der Waals surface area contributed by atoms with Crippen LogP contribution in [0.4, 0.5) is 0 Å². The fraction of sp³-hybridized carbons (Fsp3) is 1.00. The average molecular weight is 448 g/mol. The van der Waals surface area contributed by atoms with Gasteiger partial charge in [-0.1, -0.05) is 52.1 Å². The van der Waals surface area contributed by atoms with Gasteiger partial charge in [0.15, 0.2) is 5.79 Å². The van der Waals surface area contributed by atoms with E-state index in [-0.39, 0.29) is 11.2 Å². The molecule has 92 valence electrons. The predicted octanol–water partition coefficient (Wildman–Crippen LogP) is 3.41. The molecule has 4 heteroatoms. The van der Waals surface area contributed by atoms with Crippen molar-refractivity contribution >= 4 is 45.2 Å². The van der Waals surface area contributed by atoms with E-state index in [9.17, 15) is 0 Å². The maximum absolute atomic E-state index is 6.10. The fourth-order valence-electron chi connectivity index (χ4n) is 4.30. The van der Waals surface area contributed by atoms with Crippen molar-refractivity contribution in [3.05, 3.63) is 0 Å². The minimum absolute atomic E-state index is 0.225. The van der Waals surface area contributed by atoms with Crippen LogP contribution in [0.15, 0.2) is 0 Å². The molecule has 0 amide bonds. The van der Waals surface area contributed by atoms with Gasteiger partial charge in [0.05, 0.1) is 13.2 Å². The van der Waals surface area contributed by atoms with E-state index in [1.54, 1.807) is 0 Å². The Balaban J connectivity index is 2.07. The summed E-state index contributed by atoms with van der Waals surface area (Å²) in [5, 5.41) is 0. The van der Waals surface area contributed by atoms with E-state index in [1.807, 2.05) is 0 Å². The summed E-state index contributed by atoms with van der Waals surface area (Å²) >= 11 is 5.12. The van der Waals surface area contributed by atoms with Crippen molar-refractivity contribution in [2.75, 3.05) is 22.1 Å². The quantitative estimate of drug-likeness (QED) is 0.477. The zero-order valence-electron chi connectivity index (χ0n) is 9.60. The van der Waals surface area contributed by atoms with E-state index in [4.69, 9.17) is 9.47 Å². The zero-order valence-corrected chi connectivity index (χ0v) is 13.9. The fourth-order valence-corrected chi connectivity index (χ4v) is 7.48. The average Bonchev–Trinajstić information content (AvgIpc) is 2.92. The Morgan fingerprint density at radius 2 is 1.88 bits per heavy atom. The summed E-state index contributed by atoms with van der Waals surface area (Å²) in [6.07, 6.45) is 3.80.